The Kier molecular flexibility index (Phi) is 4.01. The molecule has 0 bridgehead atoms. The van der Waals surface area contributed by atoms with Crippen LogP contribution in [0.3, 0.4) is 0 Å². The van der Waals surface area contributed by atoms with Crippen molar-refractivity contribution in [2.24, 2.45) is 0 Å². The summed E-state index contributed by atoms with van der Waals surface area (Å²) in [5.41, 5.74) is 2.43. The molecule has 0 fully saturated rings. The van der Waals surface area contributed by atoms with Crippen LogP contribution < -0.4 is 4.74 Å². The van der Waals surface area contributed by atoms with Crippen LogP contribution in [0, 0.1) is 10.5 Å². The Morgan fingerprint density at radius 2 is 1.78 bits per heavy atom. The predicted molar refractivity (Wildman–Crippen MR) is 80.3 cm³/mol. The van der Waals surface area contributed by atoms with Crippen molar-refractivity contribution in [2.75, 3.05) is 7.11 Å². The first-order valence-corrected chi connectivity index (χ1v) is 6.64. The van der Waals surface area contributed by atoms with Crippen LogP contribution in [0.5, 0.6) is 5.75 Å². The van der Waals surface area contributed by atoms with Crippen LogP contribution in [0.2, 0.25) is 0 Å². The fraction of sp³-hybridized carbons (Fsp3) is 0.133. The van der Waals surface area contributed by atoms with E-state index in [0.29, 0.717) is 16.9 Å². The fourth-order valence-corrected chi connectivity index (χ4v) is 2.21. The third-order valence-corrected chi connectivity index (χ3v) is 3.39. The van der Waals surface area contributed by atoms with Gasteiger partial charge in [-0.25, -0.2) is 0 Å². The van der Waals surface area contributed by atoms with Crippen molar-refractivity contribution in [2.45, 2.75) is 6.92 Å². The molecule has 0 unspecified atom stereocenters. The zero-order valence-corrected chi connectivity index (χ0v) is 12.4. The van der Waals surface area contributed by atoms with E-state index >= 15 is 0 Å². The van der Waals surface area contributed by atoms with Crippen LogP contribution in [0.25, 0.3) is 0 Å². The van der Waals surface area contributed by atoms with E-state index in [1.165, 1.54) is 0 Å². The lowest BCUT2D eigenvalue weighted by molar-refractivity contribution is 0.103. The largest absolute Gasteiger partial charge is 0.496 e. The van der Waals surface area contributed by atoms with Crippen LogP contribution >= 0.6 is 22.6 Å². The fourth-order valence-electron chi connectivity index (χ4n) is 1.72. The Balaban J connectivity index is 2.45. The minimum Gasteiger partial charge on any atom is -0.496 e. The standard InChI is InChI=1S/C15H13IO2/c1-10-3-5-11(6-4-10)15(17)13-9-12(16)7-8-14(13)18-2/h3-9H,1-2H3. The zero-order chi connectivity index (χ0) is 13.1. The van der Waals surface area contributed by atoms with Gasteiger partial charge in [-0.05, 0) is 47.7 Å². The average molecular weight is 352 g/mol. The molecule has 0 heterocycles. The van der Waals surface area contributed by atoms with E-state index < -0.39 is 0 Å². The maximum Gasteiger partial charge on any atom is 0.196 e. The van der Waals surface area contributed by atoms with Crippen LogP contribution in [0.1, 0.15) is 21.5 Å². The number of halogens is 1. The van der Waals surface area contributed by atoms with Gasteiger partial charge in [0.25, 0.3) is 0 Å². The summed E-state index contributed by atoms with van der Waals surface area (Å²) < 4.78 is 6.26. The molecule has 2 nitrogen and oxygen atoms in total. The van der Waals surface area contributed by atoms with Crippen molar-refractivity contribution in [3.8, 4) is 5.75 Å². The van der Waals surface area contributed by atoms with E-state index in [2.05, 4.69) is 22.6 Å². The number of aryl methyl sites for hydroxylation is 1. The Hall–Kier alpha value is -1.36. The van der Waals surface area contributed by atoms with Gasteiger partial charge in [-0.2, -0.15) is 0 Å². The maximum absolute atomic E-state index is 12.4. The molecule has 92 valence electrons. The number of benzene rings is 2. The minimum absolute atomic E-state index is 0.00892. The van der Waals surface area contributed by atoms with Gasteiger partial charge in [0.05, 0.1) is 12.7 Å². The van der Waals surface area contributed by atoms with Crippen LogP contribution in [-0.4, -0.2) is 12.9 Å². The second-order valence-electron chi connectivity index (χ2n) is 4.04. The van der Waals surface area contributed by atoms with Gasteiger partial charge in [0, 0.05) is 9.13 Å². The number of ketones is 1. The number of ether oxygens (including phenoxy) is 1. The molecule has 0 saturated heterocycles. The molecule has 0 atom stereocenters. The van der Waals surface area contributed by atoms with Crippen molar-refractivity contribution >= 4 is 28.4 Å². The van der Waals surface area contributed by atoms with Crippen LogP contribution in [0.4, 0.5) is 0 Å². The smallest absolute Gasteiger partial charge is 0.196 e. The van der Waals surface area contributed by atoms with Crippen molar-refractivity contribution in [3.05, 3.63) is 62.7 Å². The summed E-state index contributed by atoms with van der Waals surface area (Å²) in [6.45, 7) is 2.00. The molecular weight excluding hydrogens is 339 g/mol. The van der Waals surface area contributed by atoms with Gasteiger partial charge in [-0.3, -0.25) is 4.79 Å². The number of carbonyl (C=O) groups is 1. The Bertz CT molecular complexity index is 574. The van der Waals surface area contributed by atoms with Crippen molar-refractivity contribution in [1.82, 2.24) is 0 Å². The molecule has 0 radical (unpaired) electrons. The summed E-state index contributed by atoms with van der Waals surface area (Å²) in [5, 5.41) is 0. The lowest BCUT2D eigenvalue weighted by atomic mass is 10.0. The quantitative estimate of drug-likeness (QED) is 0.620. The number of hydrogen-bond acceptors (Lipinski definition) is 2. The zero-order valence-electron chi connectivity index (χ0n) is 10.2. The Morgan fingerprint density at radius 1 is 1.11 bits per heavy atom. The van der Waals surface area contributed by atoms with Crippen molar-refractivity contribution in [1.29, 1.82) is 0 Å². The summed E-state index contributed by atoms with van der Waals surface area (Å²) in [4.78, 5) is 12.4. The monoisotopic (exact) mass is 352 g/mol. The van der Waals surface area contributed by atoms with Gasteiger partial charge in [-0.15, -0.1) is 0 Å². The number of rotatable bonds is 3. The summed E-state index contributed by atoms with van der Waals surface area (Å²) in [5.74, 6) is 0.603. The highest BCUT2D eigenvalue weighted by atomic mass is 127. The minimum atomic E-state index is -0.00892. The molecule has 0 aliphatic rings. The third-order valence-electron chi connectivity index (χ3n) is 2.72. The molecule has 2 aromatic carbocycles. The Morgan fingerprint density at radius 3 is 2.39 bits per heavy atom. The molecule has 18 heavy (non-hydrogen) atoms. The van der Waals surface area contributed by atoms with Gasteiger partial charge < -0.3 is 4.74 Å². The summed E-state index contributed by atoms with van der Waals surface area (Å²) in [6.07, 6.45) is 0. The normalized spacial score (nSPS) is 10.2. The molecule has 0 spiro atoms. The van der Waals surface area contributed by atoms with Gasteiger partial charge >= 0.3 is 0 Å². The van der Waals surface area contributed by atoms with Crippen LogP contribution in [-0.2, 0) is 0 Å². The summed E-state index contributed by atoms with van der Waals surface area (Å²) in [6, 6.07) is 13.2. The molecule has 0 aromatic heterocycles. The number of hydrogen-bond donors (Lipinski definition) is 0. The van der Waals surface area contributed by atoms with Crippen LogP contribution in [0.15, 0.2) is 42.5 Å². The van der Waals surface area contributed by atoms with Gasteiger partial charge in [0.2, 0.25) is 0 Å². The van der Waals surface area contributed by atoms with Gasteiger partial charge in [0.15, 0.2) is 5.78 Å². The summed E-state index contributed by atoms with van der Waals surface area (Å²) >= 11 is 2.19. The average Bonchev–Trinajstić information content (AvgIpc) is 2.39. The first kappa shape index (κ1) is 13.1. The van der Waals surface area contributed by atoms with E-state index in [1.54, 1.807) is 7.11 Å². The highest BCUT2D eigenvalue weighted by molar-refractivity contribution is 14.1. The van der Waals surface area contributed by atoms with Gasteiger partial charge in [0.1, 0.15) is 5.75 Å². The maximum atomic E-state index is 12.4. The Labute approximate surface area is 120 Å². The molecule has 0 N–H and O–H groups in total. The molecule has 3 heteroatoms. The molecule has 0 amide bonds. The van der Waals surface area contributed by atoms with E-state index in [1.807, 2.05) is 49.4 Å². The topological polar surface area (TPSA) is 26.3 Å². The summed E-state index contributed by atoms with van der Waals surface area (Å²) in [7, 11) is 1.58. The highest BCUT2D eigenvalue weighted by Gasteiger charge is 2.14. The van der Waals surface area contributed by atoms with Crippen molar-refractivity contribution in [3.63, 3.8) is 0 Å². The SMILES string of the molecule is COc1ccc(I)cc1C(=O)c1ccc(C)cc1. The molecule has 0 aliphatic heterocycles. The first-order valence-electron chi connectivity index (χ1n) is 5.56. The number of carbonyl (C=O) groups excluding carboxylic acids is 1. The molecule has 2 aromatic rings. The first-order chi connectivity index (χ1) is 8.61. The lowest BCUT2D eigenvalue weighted by Gasteiger charge is -2.08. The molecule has 0 aliphatic carbocycles. The second-order valence-corrected chi connectivity index (χ2v) is 5.29. The lowest BCUT2D eigenvalue weighted by Crippen LogP contribution is -2.04. The second kappa shape index (κ2) is 5.52. The van der Waals surface area contributed by atoms with Crippen molar-refractivity contribution < 1.29 is 9.53 Å². The van der Waals surface area contributed by atoms with E-state index in [9.17, 15) is 4.79 Å². The van der Waals surface area contributed by atoms with E-state index in [-0.39, 0.29) is 5.78 Å². The van der Waals surface area contributed by atoms with Gasteiger partial charge in [-0.1, -0.05) is 29.8 Å². The third kappa shape index (κ3) is 2.72. The molecule has 0 saturated carbocycles. The molecule has 2 rings (SSSR count). The van der Waals surface area contributed by atoms with E-state index in [4.69, 9.17) is 4.74 Å². The van der Waals surface area contributed by atoms with E-state index in [0.717, 1.165) is 9.13 Å². The predicted octanol–water partition coefficient (Wildman–Crippen LogP) is 3.84. The number of methoxy groups -OCH3 is 1. The molecular formula is C15H13IO2. The highest BCUT2D eigenvalue weighted by Crippen LogP contribution is 2.24.